The standard InChI is InChI=1S/C13H21N.C8H11N/c1-12(2,3)10-8-7-9-11(14-10)13(4,5)6;1-6-4-7(2)9-8(3)5-6/h7-9H,1-6H3;4-5H,1-3H3. The van der Waals surface area contributed by atoms with Gasteiger partial charge in [-0.3, -0.25) is 9.97 Å². The van der Waals surface area contributed by atoms with Crippen LogP contribution in [0.5, 0.6) is 0 Å². The summed E-state index contributed by atoms with van der Waals surface area (Å²) >= 11 is 0. The van der Waals surface area contributed by atoms with E-state index in [0.717, 1.165) is 11.4 Å². The van der Waals surface area contributed by atoms with Crippen molar-refractivity contribution < 1.29 is 0 Å². The van der Waals surface area contributed by atoms with Crippen LogP contribution in [0, 0.1) is 20.8 Å². The maximum absolute atomic E-state index is 4.72. The van der Waals surface area contributed by atoms with Crippen LogP contribution in [0.1, 0.15) is 69.9 Å². The van der Waals surface area contributed by atoms with Gasteiger partial charge in [0, 0.05) is 33.6 Å². The van der Waals surface area contributed by atoms with Crippen molar-refractivity contribution in [3.63, 3.8) is 0 Å². The van der Waals surface area contributed by atoms with Gasteiger partial charge >= 0.3 is 0 Å². The number of hydrogen-bond donors (Lipinski definition) is 0. The van der Waals surface area contributed by atoms with Crippen molar-refractivity contribution in [2.45, 2.75) is 73.1 Å². The molecular weight excluding hydrogens is 280 g/mol. The highest BCUT2D eigenvalue weighted by Crippen LogP contribution is 2.25. The molecule has 0 saturated carbocycles. The Bertz CT molecular complexity index is 564. The van der Waals surface area contributed by atoms with Crippen LogP contribution in [0.3, 0.4) is 0 Å². The third-order valence-corrected chi connectivity index (χ3v) is 3.51. The lowest BCUT2D eigenvalue weighted by atomic mass is 9.88. The second-order valence-electron chi connectivity index (χ2n) is 8.34. The molecule has 0 aliphatic carbocycles. The van der Waals surface area contributed by atoms with Crippen LogP contribution in [0.2, 0.25) is 0 Å². The Morgan fingerprint density at radius 1 is 0.652 bits per heavy atom. The van der Waals surface area contributed by atoms with E-state index < -0.39 is 0 Å². The van der Waals surface area contributed by atoms with E-state index in [4.69, 9.17) is 4.98 Å². The Morgan fingerprint density at radius 3 is 1.35 bits per heavy atom. The van der Waals surface area contributed by atoms with Gasteiger partial charge in [-0.25, -0.2) is 0 Å². The van der Waals surface area contributed by atoms with Crippen molar-refractivity contribution in [2.24, 2.45) is 0 Å². The first-order chi connectivity index (χ1) is 10.4. The lowest BCUT2D eigenvalue weighted by Gasteiger charge is -2.23. The summed E-state index contributed by atoms with van der Waals surface area (Å²) in [5, 5.41) is 0. The first kappa shape index (κ1) is 19.3. The van der Waals surface area contributed by atoms with Crippen LogP contribution < -0.4 is 0 Å². The second kappa shape index (κ2) is 7.25. The van der Waals surface area contributed by atoms with E-state index in [1.807, 2.05) is 13.8 Å². The van der Waals surface area contributed by atoms with Crippen molar-refractivity contribution in [3.8, 4) is 0 Å². The Balaban J connectivity index is 0.000000253. The summed E-state index contributed by atoms with van der Waals surface area (Å²) in [5.74, 6) is 0. The number of aryl methyl sites for hydroxylation is 3. The molecule has 2 aromatic rings. The highest BCUT2D eigenvalue weighted by molar-refractivity contribution is 5.21. The third-order valence-electron chi connectivity index (χ3n) is 3.51. The molecule has 23 heavy (non-hydrogen) atoms. The molecule has 2 aromatic heterocycles. The Morgan fingerprint density at radius 2 is 1.04 bits per heavy atom. The summed E-state index contributed by atoms with van der Waals surface area (Å²) in [6, 6.07) is 10.5. The summed E-state index contributed by atoms with van der Waals surface area (Å²) in [6.07, 6.45) is 0. The molecule has 0 spiro atoms. The zero-order chi connectivity index (χ0) is 17.8. The molecule has 0 N–H and O–H groups in total. The molecule has 0 unspecified atom stereocenters. The van der Waals surface area contributed by atoms with Gasteiger partial charge in [0.15, 0.2) is 0 Å². The fraction of sp³-hybridized carbons (Fsp3) is 0.524. The van der Waals surface area contributed by atoms with Crippen molar-refractivity contribution >= 4 is 0 Å². The van der Waals surface area contributed by atoms with Gasteiger partial charge in [-0.1, -0.05) is 47.6 Å². The molecule has 2 heterocycles. The molecule has 0 aliphatic heterocycles. The predicted molar refractivity (Wildman–Crippen MR) is 100 cm³/mol. The number of hydrogen-bond acceptors (Lipinski definition) is 2. The van der Waals surface area contributed by atoms with Crippen molar-refractivity contribution in [1.29, 1.82) is 0 Å². The molecule has 0 saturated heterocycles. The summed E-state index contributed by atoms with van der Waals surface area (Å²) in [6.45, 7) is 19.3. The zero-order valence-corrected chi connectivity index (χ0v) is 16.3. The van der Waals surface area contributed by atoms with Gasteiger partial charge in [-0.05, 0) is 50.6 Å². The van der Waals surface area contributed by atoms with E-state index in [1.165, 1.54) is 17.0 Å². The molecule has 126 valence electrons. The molecule has 0 bridgehead atoms. The summed E-state index contributed by atoms with van der Waals surface area (Å²) < 4.78 is 0. The highest BCUT2D eigenvalue weighted by Gasteiger charge is 2.20. The zero-order valence-electron chi connectivity index (χ0n) is 16.3. The van der Waals surface area contributed by atoms with E-state index in [2.05, 4.69) is 83.8 Å². The molecular formula is C21H32N2. The summed E-state index contributed by atoms with van der Waals surface area (Å²) in [5.41, 5.74) is 6.12. The Kier molecular flexibility index (Phi) is 6.10. The van der Waals surface area contributed by atoms with Crippen LogP contribution in [-0.2, 0) is 10.8 Å². The first-order valence-corrected chi connectivity index (χ1v) is 8.29. The number of aromatic nitrogens is 2. The van der Waals surface area contributed by atoms with Gasteiger partial charge in [0.1, 0.15) is 0 Å². The lowest BCUT2D eigenvalue weighted by molar-refractivity contribution is 0.531. The molecule has 0 radical (unpaired) electrons. The van der Waals surface area contributed by atoms with Gasteiger partial charge < -0.3 is 0 Å². The second-order valence-corrected chi connectivity index (χ2v) is 8.34. The quantitative estimate of drug-likeness (QED) is 0.625. The van der Waals surface area contributed by atoms with Gasteiger partial charge in [0.25, 0.3) is 0 Å². The number of rotatable bonds is 0. The minimum absolute atomic E-state index is 0.140. The monoisotopic (exact) mass is 312 g/mol. The molecule has 0 atom stereocenters. The van der Waals surface area contributed by atoms with E-state index in [9.17, 15) is 0 Å². The average molecular weight is 313 g/mol. The third kappa shape index (κ3) is 6.52. The van der Waals surface area contributed by atoms with Crippen LogP contribution >= 0.6 is 0 Å². The molecule has 0 amide bonds. The van der Waals surface area contributed by atoms with Gasteiger partial charge in [0.2, 0.25) is 0 Å². The highest BCUT2D eigenvalue weighted by atomic mass is 14.7. The van der Waals surface area contributed by atoms with Crippen molar-refractivity contribution in [3.05, 3.63) is 58.7 Å². The van der Waals surface area contributed by atoms with Crippen LogP contribution in [0.15, 0.2) is 30.3 Å². The fourth-order valence-electron chi connectivity index (χ4n) is 2.31. The summed E-state index contributed by atoms with van der Waals surface area (Å²) in [7, 11) is 0. The SMILES string of the molecule is CC(C)(C)c1cccc(C(C)(C)C)n1.Cc1cc(C)nc(C)c1. The maximum Gasteiger partial charge on any atom is 0.0460 e. The van der Waals surface area contributed by atoms with E-state index in [-0.39, 0.29) is 10.8 Å². The minimum Gasteiger partial charge on any atom is -0.258 e. The predicted octanol–water partition coefficient (Wildman–Crippen LogP) is 5.68. The van der Waals surface area contributed by atoms with Crippen LogP contribution in [-0.4, -0.2) is 9.97 Å². The molecule has 0 fully saturated rings. The lowest BCUT2D eigenvalue weighted by Crippen LogP contribution is -2.19. The van der Waals surface area contributed by atoms with Crippen molar-refractivity contribution in [1.82, 2.24) is 9.97 Å². The maximum atomic E-state index is 4.72. The van der Waals surface area contributed by atoms with E-state index >= 15 is 0 Å². The normalized spacial score (nSPS) is 11.7. The van der Waals surface area contributed by atoms with Crippen LogP contribution in [0.25, 0.3) is 0 Å². The molecule has 2 rings (SSSR count). The molecule has 2 heteroatoms. The smallest absolute Gasteiger partial charge is 0.0460 e. The minimum atomic E-state index is 0.140. The van der Waals surface area contributed by atoms with Gasteiger partial charge in [-0.2, -0.15) is 0 Å². The average Bonchev–Trinajstić information content (AvgIpc) is 2.36. The topological polar surface area (TPSA) is 25.8 Å². The largest absolute Gasteiger partial charge is 0.258 e. The molecule has 2 nitrogen and oxygen atoms in total. The van der Waals surface area contributed by atoms with Crippen molar-refractivity contribution in [2.75, 3.05) is 0 Å². The summed E-state index contributed by atoms with van der Waals surface area (Å²) in [4.78, 5) is 8.95. The number of nitrogens with zero attached hydrogens (tertiary/aromatic N) is 2. The van der Waals surface area contributed by atoms with E-state index in [0.29, 0.717) is 0 Å². The number of pyridine rings is 2. The van der Waals surface area contributed by atoms with Crippen LogP contribution in [0.4, 0.5) is 0 Å². The molecule has 0 aromatic carbocycles. The van der Waals surface area contributed by atoms with E-state index in [1.54, 1.807) is 0 Å². The Labute approximate surface area is 142 Å². The Hall–Kier alpha value is -1.70. The fourth-order valence-corrected chi connectivity index (χ4v) is 2.31. The molecule has 0 aliphatic rings. The van der Waals surface area contributed by atoms with Gasteiger partial charge in [0.05, 0.1) is 0 Å². The van der Waals surface area contributed by atoms with Gasteiger partial charge in [-0.15, -0.1) is 0 Å². The first-order valence-electron chi connectivity index (χ1n) is 8.29.